The Labute approximate surface area is 92.9 Å². The van der Waals surface area contributed by atoms with Gasteiger partial charge in [-0.2, -0.15) is 9.78 Å². The minimum atomic E-state index is -0.580. The third-order valence-electron chi connectivity index (χ3n) is 2.19. The van der Waals surface area contributed by atoms with Gasteiger partial charge in [-0.05, 0) is 24.6 Å². The number of carbonyl (C=O) groups is 1. The maximum Gasteiger partial charge on any atom is 0.339 e. The molecule has 0 radical (unpaired) electrons. The first-order valence-corrected chi connectivity index (χ1v) is 4.91. The summed E-state index contributed by atoms with van der Waals surface area (Å²) in [6.07, 6.45) is 3.88. The van der Waals surface area contributed by atoms with Gasteiger partial charge in [0.15, 0.2) is 0 Å². The summed E-state index contributed by atoms with van der Waals surface area (Å²) in [7, 11) is 0. The summed E-state index contributed by atoms with van der Waals surface area (Å²) in [6.45, 7) is 1.94. The molecule has 2 rings (SSSR count). The molecule has 5 nitrogen and oxygen atoms in total. The molecule has 0 atom stereocenters. The van der Waals surface area contributed by atoms with E-state index >= 15 is 0 Å². The first-order valence-electron chi connectivity index (χ1n) is 4.91. The quantitative estimate of drug-likeness (QED) is 0.817. The average Bonchev–Trinajstić information content (AvgIpc) is 2.66. The van der Waals surface area contributed by atoms with Crippen molar-refractivity contribution < 1.29 is 4.79 Å². The molecule has 0 saturated heterocycles. The van der Waals surface area contributed by atoms with E-state index in [1.165, 1.54) is 0 Å². The standard InChI is InChI=1S/C11H12N4O/c1-8-3-2-4-10(14-8)5-9-6-13-15(7-9)11(12)16/h2-4,6-7H,5H2,1H3,(H2,12,16). The highest BCUT2D eigenvalue weighted by molar-refractivity contribution is 5.73. The van der Waals surface area contributed by atoms with Crippen LogP contribution in [0, 0.1) is 6.92 Å². The van der Waals surface area contributed by atoms with E-state index in [0.29, 0.717) is 6.42 Å². The van der Waals surface area contributed by atoms with Crippen LogP contribution in [0.4, 0.5) is 4.79 Å². The van der Waals surface area contributed by atoms with Crippen molar-refractivity contribution in [1.29, 1.82) is 0 Å². The molecule has 0 aromatic carbocycles. The van der Waals surface area contributed by atoms with Gasteiger partial charge in [-0.15, -0.1) is 0 Å². The van der Waals surface area contributed by atoms with Crippen molar-refractivity contribution in [3.63, 3.8) is 0 Å². The molecule has 0 fully saturated rings. The van der Waals surface area contributed by atoms with E-state index < -0.39 is 6.03 Å². The van der Waals surface area contributed by atoms with Crippen molar-refractivity contribution in [3.8, 4) is 0 Å². The Morgan fingerprint density at radius 2 is 2.31 bits per heavy atom. The molecule has 0 bridgehead atoms. The van der Waals surface area contributed by atoms with Gasteiger partial charge in [0.05, 0.1) is 6.20 Å². The molecule has 16 heavy (non-hydrogen) atoms. The van der Waals surface area contributed by atoms with Gasteiger partial charge in [-0.1, -0.05) is 6.07 Å². The summed E-state index contributed by atoms with van der Waals surface area (Å²) in [5, 5.41) is 3.85. The van der Waals surface area contributed by atoms with Crippen molar-refractivity contribution in [1.82, 2.24) is 14.8 Å². The fourth-order valence-corrected chi connectivity index (χ4v) is 1.48. The molecule has 0 unspecified atom stereocenters. The molecule has 0 spiro atoms. The van der Waals surface area contributed by atoms with Gasteiger partial charge in [0, 0.05) is 24.0 Å². The van der Waals surface area contributed by atoms with Crippen LogP contribution in [0.1, 0.15) is 17.0 Å². The predicted octanol–water partition coefficient (Wildman–Crippen LogP) is 1.10. The van der Waals surface area contributed by atoms with Gasteiger partial charge in [0.1, 0.15) is 0 Å². The molecule has 0 aliphatic rings. The summed E-state index contributed by atoms with van der Waals surface area (Å²) < 4.78 is 1.12. The van der Waals surface area contributed by atoms with Gasteiger partial charge in [0.25, 0.3) is 0 Å². The maximum atomic E-state index is 10.8. The SMILES string of the molecule is Cc1cccc(Cc2cnn(C(N)=O)c2)n1. The number of aromatic nitrogens is 3. The fraction of sp³-hybridized carbons (Fsp3) is 0.182. The van der Waals surface area contributed by atoms with Crippen LogP contribution in [0.2, 0.25) is 0 Å². The summed E-state index contributed by atoms with van der Waals surface area (Å²) in [6, 6.07) is 5.25. The largest absolute Gasteiger partial charge is 0.350 e. The number of hydrogen-bond donors (Lipinski definition) is 1. The number of pyridine rings is 1. The van der Waals surface area contributed by atoms with E-state index in [1.54, 1.807) is 12.4 Å². The lowest BCUT2D eigenvalue weighted by Gasteiger charge is -1.98. The van der Waals surface area contributed by atoms with Crippen molar-refractivity contribution >= 4 is 6.03 Å². The van der Waals surface area contributed by atoms with Crippen molar-refractivity contribution in [2.45, 2.75) is 13.3 Å². The topological polar surface area (TPSA) is 73.8 Å². The highest BCUT2D eigenvalue weighted by Gasteiger charge is 2.04. The molecule has 2 N–H and O–H groups in total. The van der Waals surface area contributed by atoms with E-state index in [-0.39, 0.29) is 0 Å². The highest BCUT2D eigenvalue weighted by Crippen LogP contribution is 2.06. The first-order chi connectivity index (χ1) is 7.65. The van der Waals surface area contributed by atoms with Gasteiger partial charge in [-0.25, -0.2) is 4.79 Å². The Bertz CT molecular complexity index is 518. The van der Waals surface area contributed by atoms with Gasteiger partial charge < -0.3 is 5.73 Å². The van der Waals surface area contributed by atoms with Crippen LogP contribution in [0.5, 0.6) is 0 Å². The maximum absolute atomic E-state index is 10.8. The van der Waals surface area contributed by atoms with Crippen LogP contribution in [0.3, 0.4) is 0 Å². The number of nitrogens with two attached hydrogens (primary N) is 1. The van der Waals surface area contributed by atoms with E-state index in [2.05, 4.69) is 10.1 Å². The number of primary amides is 1. The second-order valence-electron chi connectivity index (χ2n) is 3.58. The summed E-state index contributed by atoms with van der Waals surface area (Å²) >= 11 is 0. The molecule has 0 saturated carbocycles. The summed E-state index contributed by atoms with van der Waals surface area (Å²) in [4.78, 5) is 15.2. The van der Waals surface area contributed by atoms with Gasteiger partial charge in [0.2, 0.25) is 0 Å². The number of carbonyl (C=O) groups excluding carboxylic acids is 1. The molecule has 2 aromatic heterocycles. The zero-order valence-electron chi connectivity index (χ0n) is 8.92. The van der Waals surface area contributed by atoms with Crippen LogP contribution in [0.15, 0.2) is 30.6 Å². The van der Waals surface area contributed by atoms with E-state index in [9.17, 15) is 4.79 Å². The normalized spacial score (nSPS) is 10.3. The second-order valence-corrected chi connectivity index (χ2v) is 3.58. The first kappa shape index (κ1) is 10.4. The van der Waals surface area contributed by atoms with E-state index in [0.717, 1.165) is 21.6 Å². The minimum absolute atomic E-state index is 0.580. The van der Waals surface area contributed by atoms with Crippen LogP contribution in [-0.2, 0) is 6.42 Å². The summed E-state index contributed by atoms with van der Waals surface area (Å²) in [5.41, 5.74) is 7.92. The molecule has 2 aromatic rings. The number of amides is 1. The lowest BCUT2D eigenvalue weighted by atomic mass is 10.2. The van der Waals surface area contributed by atoms with E-state index in [4.69, 9.17) is 5.73 Å². The van der Waals surface area contributed by atoms with Crippen LogP contribution < -0.4 is 5.73 Å². The monoisotopic (exact) mass is 216 g/mol. The Morgan fingerprint density at radius 1 is 1.50 bits per heavy atom. The van der Waals surface area contributed by atoms with E-state index in [1.807, 2.05) is 25.1 Å². The molecular formula is C11H12N4O. The van der Waals surface area contributed by atoms with Crippen LogP contribution in [-0.4, -0.2) is 20.8 Å². The molecule has 5 heteroatoms. The zero-order valence-corrected chi connectivity index (χ0v) is 8.92. The molecule has 0 aliphatic heterocycles. The smallest absolute Gasteiger partial charge is 0.339 e. The molecule has 1 amide bonds. The van der Waals surface area contributed by atoms with Crippen LogP contribution >= 0.6 is 0 Å². The number of rotatable bonds is 2. The Kier molecular flexibility index (Phi) is 2.68. The van der Waals surface area contributed by atoms with Crippen molar-refractivity contribution in [2.75, 3.05) is 0 Å². The van der Waals surface area contributed by atoms with Gasteiger partial charge >= 0.3 is 6.03 Å². The third-order valence-corrected chi connectivity index (χ3v) is 2.19. The van der Waals surface area contributed by atoms with Crippen molar-refractivity contribution in [3.05, 3.63) is 47.5 Å². The summed E-state index contributed by atoms with van der Waals surface area (Å²) in [5.74, 6) is 0. The second kappa shape index (κ2) is 4.14. The third kappa shape index (κ3) is 2.25. The predicted molar refractivity (Wildman–Crippen MR) is 59.0 cm³/mol. The minimum Gasteiger partial charge on any atom is -0.350 e. The Hall–Kier alpha value is -2.17. The molecule has 2 heterocycles. The van der Waals surface area contributed by atoms with Gasteiger partial charge in [-0.3, -0.25) is 4.98 Å². The Morgan fingerprint density at radius 3 is 2.94 bits per heavy atom. The van der Waals surface area contributed by atoms with Crippen molar-refractivity contribution in [2.24, 2.45) is 5.73 Å². The average molecular weight is 216 g/mol. The number of aryl methyl sites for hydroxylation is 1. The Balaban J connectivity index is 2.17. The fourth-order valence-electron chi connectivity index (χ4n) is 1.48. The molecule has 0 aliphatic carbocycles. The molecule has 82 valence electrons. The molecular weight excluding hydrogens is 204 g/mol. The number of nitrogens with zero attached hydrogens (tertiary/aromatic N) is 3. The highest BCUT2D eigenvalue weighted by atomic mass is 16.2. The lowest BCUT2D eigenvalue weighted by molar-refractivity contribution is 0.247. The zero-order chi connectivity index (χ0) is 11.5. The van der Waals surface area contributed by atoms with Crippen LogP contribution in [0.25, 0.3) is 0 Å². The lowest BCUT2D eigenvalue weighted by Crippen LogP contribution is -2.19. The number of hydrogen-bond acceptors (Lipinski definition) is 3.